The molecule has 0 N–H and O–H groups in total. The minimum absolute atomic E-state index is 0.0596. The van der Waals surface area contributed by atoms with Crippen LogP contribution in [0.1, 0.15) is 37.3 Å². The molecule has 30 heavy (non-hydrogen) atoms. The minimum atomic E-state index is -0.326. The number of piperidine rings is 1. The molecule has 0 bridgehead atoms. The highest BCUT2D eigenvalue weighted by atomic mass is 16.5. The van der Waals surface area contributed by atoms with Gasteiger partial charge in [-0.1, -0.05) is 55.5 Å². The van der Waals surface area contributed by atoms with E-state index in [1.165, 1.54) is 0 Å². The Morgan fingerprint density at radius 1 is 1.17 bits per heavy atom. The second-order valence-electron chi connectivity index (χ2n) is 8.30. The number of esters is 1. The van der Waals surface area contributed by atoms with E-state index < -0.39 is 0 Å². The van der Waals surface area contributed by atoms with Crippen LogP contribution in [0.25, 0.3) is 0 Å². The number of hydrogen-bond donors (Lipinski definition) is 0. The molecule has 0 aliphatic carbocycles. The van der Waals surface area contributed by atoms with Crippen LogP contribution in [0, 0.1) is 5.92 Å². The molecule has 1 fully saturated rings. The third-order valence-corrected chi connectivity index (χ3v) is 6.07. The van der Waals surface area contributed by atoms with Crippen LogP contribution in [0.3, 0.4) is 0 Å². The fourth-order valence-corrected chi connectivity index (χ4v) is 4.22. The summed E-state index contributed by atoms with van der Waals surface area (Å²) in [4.78, 5) is 15.7. The van der Waals surface area contributed by atoms with Crippen LogP contribution in [-0.2, 0) is 16.0 Å². The maximum atomic E-state index is 13.3. The van der Waals surface area contributed by atoms with Crippen LogP contribution in [0.4, 0.5) is 0 Å². The lowest BCUT2D eigenvalue weighted by Gasteiger charge is -2.41. The first kappa shape index (κ1) is 22.1. The summed E-state index contributed by atoms with van der Waals surface area (Å²) in [6.07, 6.45) is 3.34. The average molecular weight is 408 g/mol. The molecule has 4 heteroatoms. The molecule has 4 nitrogen and oxygen atoms in total. The Hall–Kier alpha value is -2.59. The molecule has 0 radical (unpaired) electrons. The Kier molecular flexibility index (Phi) is 7.69. The highest BCUT2D eigenvalue weighted by Gasteiger charge is 2.34. The fraction of sp³-hybridized carbons (Fsp3) is 0.423. The first-order valence-electron chi connectivity index (χ1n) is 10.7. The van der Waals surface area contributed by atoms with Gasteiger partial charge in [-0.3, -0.25) is 9.69 Å². The molecule has 0 amide bonds. The summed E-state index contributed by atoms with van der Waals surface area (Å²) < 4.78 is 11.4. The van der Waals surface area contributed by atoms with Crippen LogP contribution < -0.4 is 4.74 Å². The molecule has 0 saturated carbocycles. The quantitative estimate of drug-likeness (QED) is 0.463. The summed E-state index contributed by atoms with van der Waals surface area (Å²) in [6.45, 7) is 10.0. The molecule has 4 atom stereocenters. The number of carbonyl (C=O) groups excluding carboxylic acids is 1. The average Bonchev–Trinajstić information content (AvgIpc) is 2.76. The molecule has 2 aromatic rings. The van der Waals surface area contributed by atoms with Gasteiger partial charge in [-0.15, -0.1) is 6.58 Å². The minimum Gasteiger partial charge on any atom is -0.497 e. The number of rotatable bonds is 8. The normalized spacial score (nSPS) is 22.8. The maximum absolute atomic E-state index is 13.3. The van der Waals surface area contributed by atoms with Crippen molar-refractivity contribution in [3.05, 3.63) is 78.4 Å². The van der Waals surface area contributed by atoms with E-state index in [2.05, 4.69) is 25.3 Å². The maximum Gasteiger partial charge on any atom is 0.314 e. The summed E-state index contributed by atoms with van der Waals surface area (Å²) in [5.41, 5.74) is 2.08. The molecule has 0 aromatic heterocycles. The number of benzene rings is 2. The molecular formula is C26H33NO3. The van der Waals surface area contributed by atoms with Crippen molar-refractivity contribution in [3.8, 4) is 5.75 Å². The third-order valence-electron chi connectivity index (χ3n) is 6.07. The van der Waals surface area contributed by atoms with Crippen molar-refractivity contribution < 1.29 is 14.3 Å². The Balaban J connectivity index is 1.74. The van der Waals surface area contributed by atoms with Crippen molar-refractivity contribution >= 4 is 5.97 Å². The van der Waals surface area contributed by atoms with Gasteiger partial charge in [0.2, 0.25) is 0 Å². The van der Waals surface area contributed by atoms with Gasteiger partial charge in [0.1, 0.15) is 11.9 Å². The van der Waals surface area contributed by atoms with Crippen LogP contribution in [-0.4, -0.2) is 43.2 Å². The second kappa shape index (κ2) is 10.4. The van der Waals surface area contributed by atoms with Crippen LogP contribution in [0.2, 0.25) is 0 Å². The molecule has 1 aliphatic heterocycles. The largest absolute Gasteiger partial charge is 0.497 e. The molecule has 0 spiro atoms. The van der Waals surface area contributed by atoms with Crippen LogP contribution >= 0.6 is 0 Å². The Bertz CT molecular complexity index is 818. The van der Waals surface area contributed by atoms with Crippen LogP contribution in [0.5, 0.6) is 5.75 Å². The lowest BCUT2D eigenvalue weighted by Crippen LogP contribution is -2.49. The fourth-order valence-electron chi connectivity index (χ4n) is 4.22. The van der Waals surface area contributed by atoms with Crippen molar-refractivity contribution in [2.45, 2.75) is 44.8 Å². The molecule has 4 unspecified atom stereocenters. The number of methoxy groups -OCH3 is 1. The molecule has 1 saturated heterocycles. The zero-order valence-electron chi connectivity index (χ0n) is 18.3. The number of hydrogen-bond acceptors (Lipinski definition) is 4. The molecule has 1 heterocycles. The topological polar surface area (TPSA) is 38.8 Å². The zero-order chi connectivity index (χ0) is 21.5. The molecule has 160 valence electrons. The van der Waals surface area contributed by atoms with Gasteiger partial charge in [-0.2, -0.15) is 0 Å². The molecular weight excluding hydrogens is 374 g/mol. The molecule has 1 aliphatic rings. The van der Waals surface area contributed by atoms with Gasteiger partial charge in [-0.25, -0.2) is 0 Å². The van der Waals surface area contributed by atoms with Crippen LogP contribution in [0.15, 0.2) is 67.3 Å². The van der Waals surface area contributed by atoms with E-state index >= 15 is 0 Å². The van der Waals surface area contributed by atoms with E-state index in [1.807, 2.05) is 60.7 Å². The van der Waals surface area contributed by atoms with Gasteiger partial charge in [0.25, 0.3) is 0 Å². The standard InChI is InChI=1S/C26H33NO3/c1-5-15-27-18-19(2)25(16-20(27)3)30-26(28)24(22-9-7-6-8-10-22)17-21-11-13-23(29-4)14-12-21/h5-14,19-20,24-25H,1,15-18H2,2-4H3. The Labute approximate surface area is 180 Å². The zero-order valence-corrected chi connectivity index (χ0v) is 18.3. The van der Waals surface area contributed by atoms with E-state index in [4.69, 9.17) is 9.47 Å². The van der Waals surface area contributed by atoms with E-state index in [-0.39, 0.29) is 18.0 Å². The number of ether oxygens (including phenoxy) is 2. The third kappa shape index (κ3) is 5.51. The van der Waals surface area contributed by atoms with E-state index in [9.17, 15) is 4.79 Å². The molecule has 2 aromatic carbocycles. The van der Waals surface area contributed by atoms with Crippen molar-refractivity contribution in [2.24, 2.45) is 5.92 Å². The summed E-state index contributed by atoms with van der Waals surface area (Å²) in [7, 11) is 1.65. The number of nitrogens with zero attached hydrogens (tertiary/aromatic N) is 1. The smallest absolute Gasteiger partial charge is 0.314 e. The SMILES string of the molecule is C=CCN1CC(C)C(OC(=O)C(Cc2ccc(OC)cc2)c2ccccc2)CC1C. The number of likely N-dealkylation sites (tertiary alicyclic amines) is 1. The van der Waals surface area contributed by atoms with Gasteiger partial charge in [0, 0.05) is 25.0 Å². The number of carbonyl (C=O) groups is 1. The summed E-state index contributed by atoms with van der Waals surface area (Å²) in [6, 6.07) is 18.2. The second-order valence-corrected chi connectivity index (χ2v) is 8.30. The summed E-state index contributed by atoms with van der Waals surface area (Å²) in [5.74, 6) is 0.640. The van der Waals surface area contributed by atoms with Gasteiger partial charge in [-0.05, 0) is 43.0 Å². The predicted molar refractivity (Wildman–Crippen MR) is 121 cm³/mol. The summed E-state index contributed by atoms with van der Waals surface area (Å²) in [5, 5.41) is 0. The Morgan fingerprint density at radius 3 is 2.50 bits per heavy atom. The first-order chi connectivity index (χ1) is 14.5. The van der Waals surface area contributed by atoms with E-state index in [0.29, 0.717) is 18.4 Å². The monoisotopic (exact) mass is 407 g/mol. The van der Waals surface area contributed by atoms with Gasteiger partial charge in [0.05, 0.1) is 13.0 Å². The highest BCUT2D eigenvalue weighted by molar-refractivity contribution is 5.78. The van der Waals surface area contributed by atoms with Gasteiger partial charge >= 0.3 is 5.97 Å². The van der Waals surface area contributed by atoms with Gasteiger partial charge < -0.3 is 9.47 Å². The lowest BCUT2D eigenvalue weighted by atomic mass is 9.90. The van der Waals surface area contributed by atoms with Crippen molar-refractivity contribution in [1.82, 2.24) is 4.90 Å². The Morgan fingerprint density at radius 2 is 1.87 bits per heavy atom. The highest BCUT2D eigenvalue weighted by Crippen LogP contribution is 2.29. The predicted octanol–water partition coefficient (Wildman–Crippen LogP) is 4.85. The van der Waals surface area contributed by atoms with Crippen molar-refractivity contribution in [1.29, 1.82) is 0 Å². The van der Waals surface area contributed by atoms with Crippen molar-refractivity contribution in [3.63, 3.8) is 0 Å². The van der Waals surface area contributed by atoms with Crippen molar-refractivity contribution in [2.75, 3.05) is 20.2 Å². The molecule has 3 rings (SSSR count). The van der Waals surface area contributed by atoms with Gasteiger partial charge in [0.15, 0.2) is 0 Å². The van der Waals surface area contributed by atoms with E-state index in [0.717, 1.165) is 36.4 Å². The van der Waals surface area contributed by atoms with E-state index in [1.54, 1.807) is 7.11 Å². The lowest BCUT2D eigenvalue weighted by molar-refractivity contribution is -0.157. The summed E-state index contributed by atoms with van der Waals surface area (Å²) >= 11 is 0. The first-order valence-corrected chi connectivity index (χ1v) is 10.7.